The number of hydrogen-bond acceptors (Lipinski definition) is 6. The first-order valence-electron chi connectivity index (χ1n) is 9.52. The average molecular weight is 410 g/mol. The summed E-state index contributed by atoms with van der Waals surface area (Å²) in [7, 11) is 0. The zero-order valence-electron chi connectivity index (χ0n) is 16.7. The van der Waals surface area contributed by atoms with Crippen molar-refractivity contribution in [2.45, 2.75) is 33.6 Å². The minimum absolute atomic E-state index is 0.179. The van der Waals surface area contributed by atoms with Crippen molar-refractivity contribution in [3.8, 4) is 11.1 Å². The summed E-state index contributed by atoms with van der Waals surface area (Å²) in [5.41, 5.74) is 3.50. The highest BCUT2D eigenvalue weighted by atomic mass is 32.1. The van der Waals surface area contributed by atoms with Gasteiger partial charge >= 0.3 is 5.97 Å². The van der Waals surface area contributed by atoms with Gasteiger partial charge in [-0.1, -0.05) is 37.6 Å². The first-order valence-corrected chi connectivity index (χ1v) is 10.3. The molecule has 3 rings (SSSR count). The van der Waals surface area contributed by atoms with Crippen molar-refractivity contribution in [1.29, 1.82) is 0 Å². The summed E-state index contributed by atoms with van der Waals surface area (Å²) in [4.78, 5) is 34.2. The van der Waals surface area contributed by atoms with Gasteiger partial charge in [-0.2, -0.15) is 0 Å². The number of esters is 1. The lowest BCUT2D eigenvalue weighted by Gasteiger charge is -2.09. The quantitative estimate of drug-likeness (QED) is 0.562. The lowest BCUT2D eigenvalue weighted by molar-refractivity contribution is 0.0529. The van der Waals surface area contributed by atoms with E-state index in [4.69, 9.17) is 4.74 Å². The lowest BCUT2D eigenvalue weighted by atomic mass is 9.99. The highest BCUT2D eigenvalue weighted by molar-refractivity contribution is 7.17. The van der Waals surface area contributed by atoms with Crippen LogP contribution in [0.2, 0.25) is 0 Å². The predicted molar refractivity (Wildman–Crippen MR) is 114 cm³/mol. The minimum Gasteiger partial charge on any atom is -0.462 e. The SMILES string of the molecule is CCCc1ccc(-c2c(C)sc(NC(=O)c3cnccn3)c2C(=O)OCC)cc1. The summed E-state index contributed by atoms with van der Waals surface area (Å²) >= 11 is 1.35. The minimum atomic E-state index is -0.459. The number of nitrogens with zero attached hydrogens (tertiary/aromatic N) is 2. The van der Waals surface area contributed by atoms with Gasteiger partial charge in [0.15, 0.2) is 0 Å². The Morgan fingerprint density at radius 1 is 1.14 bits per heavy atom. The highest BCUT2D eigenvalue weighted by Crippen LogP contribution is 2.40. The third-order valence-corrected chi connectivity index (χ3v) is 5.39. The Hall–Kier alpha value is -3.06. The predicted octanol–water partition coefficient (Wildman–Crippen LogP) is 4.90. The number of aromatic nitrogens is 2. The Balaban J connectivity index is 2.02. The number of amides is 1. The van der Waals surface area contributed by atoms with Gasteiger partial charge in [0.05, 0.1) is 12.8 Å². The lowest BCUT2D eigenvalue weighted by Crippen LogP contribution is -2.16. The van der Waals surface area contributed by atoms with Crippen molar-refractivity contribution >= 4 is 28.2 Å². The second-order valence-corrected chi connectivity index (χ2v) is 7.67. The molecule has 0 radical (unpaired) electrons. The standard InChI is InChI=1S/C22H23N3O3S/c1-4-6-15-7-9-16(10-8-15)18-14(3)29-21(19(18)22(27)28-5-2)25-20(26)17-13-23-11-12-24-17/h7-13H,4-6H2,1-3H3,(H,25,26). The van der Waals surface area contributed by atoms with E-state index in [1.54, 1.807) is 6.92 Å². The molecule has 1 aromatic carbocycles. The van der Waals surface area contributed by atoms with Gasteiger partial charge in [-0.3, -0.25) is 9.78 Å². The van der Waals surface area contributed by atoms with Gasteiger partial charge in [0.2, 0.25) is 0 Å². The van der Waals surface area contributed by atoms with Crippen LogP contribution in [-0.4, -0.2) is 28.5 Å². The van der Waals surface area contributed by atoms with Crippen LogP contribution in [0.15, 0.2) is 42.9 Å². The molecule has 3 aromatic rings. The first-order chi connectivity index (χ1) is 14.0. The second kappa shape index (κ2) is 9.43. The molecular weight excluding hydrogens is 386 g/mol. The fourth-order valence-electron chi connectivity index (χ4n) is 3.09. The molecular formula is C22H23N3O3S. The molecule has 0 atom stereocenters. The van der Waals surface area contributed by atoms with Crippen molar-refractivity contribution in [3.05, 3.63) is 64.6 Å². The number of carbonyl (C=O) groups excluding carboxylic acids is 2. The summed E-state index contributed by atoms with van der Waals surface area (Å²) in [6.45, 7) is 6.08. The number of carbonyl (C=O) groups is 2. The van der Waals surface area contributed by atoms with Crippen molar-refractivity contribution in [1.82, 2.24) is 9.97 Å². The van der Waals surface area contributed by atoms with Crippen molar-refractivity contribution in [2.24, 2.45) is 0 Å². The van der Waals surface area contributed by atoms with Gasteiger partial charge < -0.3 is 10.1 Å². The Kier molecular flexibility index (Phi) is 6.72. The van der Waals surface area contributed by atoms with Crippen LogP contribution in [0.5, 0.6) is 0 Å². The van der Waals surface area contributed by atoms with Crippen LogP contribution >= 0.6 is 11.3 Å². The van der Waals surface area contributed by atoms with Gasteiger partial charge in [-0.25, -0.2) is 9.78 Å². The number of hydrogen-bond donors (Lipinski definition) is 1. The number of anilines is 1. The molecule has 0 bridgehead atoms. The summed E-state index contributed by atoms with van der Waals surface area (Å²) < 4.78 is 5.28. The number of rotatable bonds is 7. The van der Waals surface area contributed by atoms with Gasteiger partial charge in [0, 0.05) is 22.8 Å². The van der Waals surface area contributed by atoms with Crippen molar-refractivity contribution in [3.63, 3.8) is 0 Å². The molecule has 0 aliphatic carbocycles. The summed E-state index contributed by atoms with van der Waals surface area (Å²) in [5.74, 6) is -0.881. The maximum Gasteiger partial charge on any atom is 0.341 e. The number of thiophene rings is 1. The van der Waals surface area contributed by atoms with E-state index in [1.165, 1.54) is 35.5 Å². The molecule has 0 aliphatic heterocycles. The molecule has 29 heavy (non-hydrogen) atoms. The topological polar surface area (TPSA) is 81.2 Å². The summed E-state index contributed by atoms with van der Waals surface area (Å²) in [5, 5.41) is 3.25. The molecule has 150 valence electrons. The monoisotopic (exact) mass is 409 g/mol. The molecule has 0 spiro atoms. The molecule has 0 saturated heterocycles. The van der Waals surface area contributed by atoms with Crippen LogP contribution in [0.25, 0.3) is 11.1 Å². The Morgan fingerprint density at radius 3 is 2.52 bits per heavy atom. The van der Waals surface area contributed by atoms with E-state index in [0.29, 0.717) is 10.6 Å². The highest BCUT2D eigenvalue weighted by Gasteiger charge is 2.26. The molecule has 1 N–H and O–H groups in total. The number of ether oxygens (including phenoxy) is 1. The molecule has 1 amide bonds. The molecule has 7 heteroatoms. The van der Waals surface area contributed by atoms with E-state index < -0.39 is 11.9 Å². The maximum atomic E-state index is 12.8. The molecule has 2 aromatic heterocycles. The summed E-state index contributed by atoms with van der Waals surface area (Å²) in [6.07, 6.45) is 6.41. The van der Waals surface area contributed by atoms with E-state index >= 15 is 0 Å². The Labute approximate surface area is 174 Å². The fourth-order valence-corrected chi connectivity index (χ4v) is 4.15. The number of benzene rings is 1. The van der Waals surface area contributed by atoms with Gasteiger partial charge in [0.1, 0.15) is 16.3 Å². The normalized spacial score (nSPS) is 10.6. The Morgan fingerprint density at radius 2 is 1.90 bits per heavy atom. The number of nitrogens with one attached hydrogen (secondary N) is 1. The van der Waals surface area contributed by atoms with E-state index in [1.807, 2.05) is 19.1 Å². The smallest absolute Gasteiger partial charge is 0.341 e. The molecule has 0 saturated carbocycles. The van der Waals surface area contributed by atoms with Gasteiger partial charge in [-0.05, 0) is 31.4 Å². The van der Waals surface area contributed by atoms with Crippen LogP contribution in [0, 0.1) is 6.92 Å². The van der Waals surface area contributed by atoms with Crippen molar-refractivity contribution in [2.75, 3.05) is 11.9 Å². The number of aryl methyl sites for hydroxylation is 2. The van der Waals surface area contributed by atoms with Crippen LogP contribution in [0.1, 0.15) is 51.6 Å². The first kappa shape index (κ1) is 20.7. The summed E-state index contributed by atoms with van der Waals surface area (Å²) in [6, 6.07) is 8.17. The van der Waals surface area contributed by atoms with Crippen LogP contribution in [0.3, 0.4) is 0 Å². The fraction of sp³-hybridized carbons (Fsp3) is 0.273. The van der Waals surface area contributed by atoms with E-state index in [9.17, 15) is 9.59 Å². The third kappa shape index (κ3) is 4.68. The van der Waals surface area contributed by atoms with Gasteiger partial charge in [0.25, 0.3) is 5.91 Å². The zero-order valence-corrected chi connectivity index (χ0v) is 17.5. The maximum absolute atomic E-state index is 12.8. The van der Waals surface area contributed by atoms with Crippen LogP contribution < -0.4 is 5.32 Å². The molecule has 2 heterocycles. The second-order valence-electron chi connectivity index (χ2n) is 6.45. The molecule has 0 aliphatic rings. The molecule has 0 fully saturated rings. The molecule has 0 unspecified atom stereocenters. The van der Waals surface area contributed by atoms with E-state index in [-0.39, 0.29) is 12.3 Å². The zero-order chi connectivity index (χ0) is 20.8. The van der Waals surface area contributed by atoms with Crippen LogP contribution in [-0.2, 0) is 11.2 Å². The molecule has 6 nitrogen and oxygen atoms in total. The largest absolute Gasteiger partial charge is 0.462 e. The van der Waals surface area contributed by atoms with Crippen LogP contribution in [0.4, 0.5) is 5.00 Å². The van der Waals surface area contributed by atoms with E-state index in [2.05, 4.69) is 34.3 Å². The van der Waals surface area contributed by atoms with Crippen molar-refractivity contribution < 1.29 is 14.3 Å². The van der Waals surface area contributed by atoms with Gasteiger partial charge in [-0.15, -0.1) is 11.3 Å². The average Bonchev–Trinajstić information content (AvgIpc) is 3.05. The Bertz CT molecular complexity index is 998. The van der Waals surface area contributed by atoms with E-state index in [0.717, 1.165) is 28.8 Å². The third-order valence-electron chi connectivity index (χ3n) is 4.37.